The van der Waals surface area contributed by atoms with Gasteiger partial charge in [0.2, 0.25) is 5.91 Å². The second kappa shape index (κ2) is 10.7. The first-order chi connectivity index (χ1) is 9.66. The van der Waals surface area contributed by atoms with E-state index in [1.807, 2.05) is 30.1 Å². The SMILES string of the molecule is CN(CCN(C)c1ccccc1)C(=O)CC1CCCN1.Cl.Cl. The van der Waals surface area contributed by atoms with Crippen LogP contribution in [0, 0.1) is 0 Å². The van der Waals surface area contributed by atoms with Gasteiger partial charge in [-0.15, -0.1) is 24.8 Å². The largest absolute Gasteiger partial charge is 0.373 e. The summed E-state index contributed by atoms with van der Waals surface area (Å²) in [6.07, 6.45) is 2.95. The minimum Gasteiger partial charge on any atom is -0.373 e. The zero-order valence-corrected chi connectivity index (χ0v) is 15.0. The summed E-state index contributed by atoms with van der Waals surface area (Å²) in [4.78, 5) is 16.1. The molecule has 0 saturated carbocycles. The molecular weight excluding hydrogens is 321 g/mol. The summed E-state index contributed by atoms with van der Waals surface area (Å²) in [5.41, 5.74) is 1.19. The number of carbonyl (C=O) groups is 1. The Labute approximate surface area is 146 Å². The molecule has 6 heteroatoms. The van der Waals surface area contributed by atoms with Crippen LogP contribution in [0.15, 0.2) is 30.3 Å². The quantitative estimate of drug-likeness (QED) is 0.858. The second-order valence-corrected chi connectivity index (χ2v) is 5.57. The first kappa shape index (κ1) is 21.0. The molecule has 1 fully saturated rings. The molecule has 1 amide bonds. The van der Waals surface area contributed by atoms with Crippen LogP contribution in [-0.2, 0) is 4.79 Å². The van der Waals surface area contributed by atoms with E-state index < -0.39 is 0 Å². The fourth-order valence-corrected chi connectivity index (χ4v) is 2.53. The maximum Gasteiger partial charge on any atom is 0.223 e. The van der Waals surface area contributed by atoms with Crippen molar-refractivity contribution in [1.29, 1.82) is 0 Å². The number of hydrogen-bond donors (Lipinski definition) is 1. The van der Waals surface area contributed by atoms with E-state index in [-0.39, 0.29) is 30.7 Å². The molecule has 0 bridgehead atoms. The van der Waals surface area contributed by atoms with E-state index in [1.165, 1.54) is 12.1 Å². The lowest BCUT2D eigenvalue weighted by Crippen LogP contribution is -2.37. The summed E-state index contributed by atoms with van der Waals surface area (Å²) in [6, 6.07) is 10.6. The second-order valence-electron chi connectivity index (χ2n) is 5.57. The minimum absolute atomic E-state index is 0. The van der Waals surface area contributed by atoms with Gasteiger partial charge in [-0.25, -0.2) is 0 Å². The molecule has 1 atom stereocenters. The molecule has 1 aromatic carbocycles. The first-order valence-electron chi connectivity index (χ1n) is 7.40. The van der Waals surface area contributed by atoms with Crippen molar-refractivity contribution in [2.75, 3.05) is 38.6 Å². The molecular formula is C16H27Cl2N3O. The molecule has 1 aliphatic rings. The normalized spacial score (nSPS) is 16.4. The number of halogens is 2. The van der Waals surface area contributed by atoms with E-state index in [0.717, 1.165) is 26.1 Å². The van der Waals surface area contributed by atoms with Crippen molar-refractivity contribution in [3.05, 3.63) is 30.3 Å². The van der Waals surface area contributed by atoms with Crippen molar-refractivity contribution < 1.29 is 4.79 Å². The van der Waals surface area contributed by atoms with Gasteiger partial charge in [0.25, 0.3) is 0 Å². The number of benzene rings is 1. The number of likely N-dealkylation sites (N-methyl/N-ethyl adjacent to an activating group) is 2. The molecule has 1 aliphatic heterocycles. The Kier molecular flexibility index (Phi) is 10.2. The summed E-state index contributed by atoms with van der Waals surface area (Å²) >= 11 is 0. The predicted molar refractivity (Wildman–Crippen MR) is 97.5 cm³/mol. The topological polar surface area (TPSA) is 35.6 Å². The summed E-state index contributed by atoms with van der Waals surface area (Å²) < 4.78 is 0. The highest BCUT2D eigenvalue weighted by molar-refractivity contribution is 5.85. The van der Waals surface area contributed by atoms with Gasteiger partial charge < -0.3 is 15.1 Å². The first-order valence-corrected chi connectivity index (χ1v) is 7.40. The Morgan fingerprint density at radius 1 is 1.18 bits per heavy atom. The van der Waals surface area contributed by atoms with Gasteiger partial charge in [0.05, 0.1) is 0 Å². The fraction of sp³-hybridized carbons (Fsp3) is 0.562. The van der Waals surface area contributed by atoms with Crippen LogP contribution in [0.25, 0.3) is 0 Å². The van der Waals surface area contributed by atoms with E-state index in [9.17, 15) is 4.79 Å². The highest BCUT2D eigenvalue weighted by Crippen LogP contribution is 2.12. The molecule has 1 heterocycles. The van der Waals surface area contributed by atoms with Crippen LogP contribution in [0.3, 0.4) is 0 Å². The van der Waals surface area contributed by atoms with Crippen LogP contribution in [0.1, 0.15) is 19.3 Å². The Hall–Kier alpha value is -0.970. The lowest BCUT2D eigenvalue weighted by atomic mass is 10.1. The van der Waals surface area contributed by atoms with Gasteiger partial charge >= 0.3 is 0 Å². The summed E-state index contributed by atoms with van der Waals surface area (Å²) in [5.74, 6) is 0.242. The van der Waals surface area contributed by atoms with Crippen LogP contribution < -0.4 is 10.2 Å². The minimum atomic E-state index is 0. The smallest absolute Gasteiger partial charge is 0.223 e. The number of hydrogen-bond acceptors (Lipinski definition) is 3. The number of carbonyl (C=O) groups excluding carboxylic acids is 1. The van der Waals surface area contributed by atoms with E-state index in [4.69, 9.17) is 0 Å². The van der Waals surface area contributed by atoms with Crippen molar-refractivity contribution in [3.8, 4) is 0 Å². The van der Waals surface area contributed by atoms with Crippen molar-refractivity contribution in [3.63, 3.8) is 0 Å². The molecule has 22 heavy (non-hydrogen) atoms. The van der Waals surface area contributed by atoms with Crippen molar-refractivity contribution in [2.24, 2.45) is 0 Å². The predicted octanol–water partition coefficient (Wildman–Crippen LogP) is 2.57. The van der Waals surface area contributed by atoms with Gasteiger partial charge in [-0.1, -0.05) is 18.2 Å². The van der Waals surface area contributed by atoms with Crippen molar-refractivity contribution >= 4 is 36.4 Å². The van der Waals surface area contributed by atoms with Gasteiger partial charge in [-0.2, -0.15) is 0 Å². The van der Waals surface area contributed by atoms with Gasteiger partial charge in [-0.05, 0) is 31.5 Å². The molecule has 1 N–H and O–H groups in total. The van der Waals surface area contributed by atoms with Gasteiger partial charge in [0, 0.05) is 45.3 Å². The zero-order valence-electron chi connectivity index (χ0n) is 13.3. The van der Waals surface area contributed by atoms with Gasteiger partial charge in [0.1, 0.15) is 0 Å². The standard InChI is InChI=1S/C16H25N3O.2ClH/c1-18(15-8-4-3-5-9-15)11-12-19(2)16(20)13-14-7-6-10-17-14;;/h3-5,8-9,14,17H,6-7,10-13H2,1-2H3;2*1H. The molecule has 1 saturated heterocycles. The molecule has 4 nitrogen and oxygen atoms in total. The maximum absolute atomic E-state index is 12.1. The van der Waals surface area contributed by atoms with E-state index in [0.29, 0.717) is 12.5 Å². The van der Waals surface area contributed by atoms with Gasteiger partial charge in [0.15, 0.2) is 0 Å². The molecule has 0 aromatic heterocycles. The third-order valence-corrected chi connectivity index (χ3v) is 3.98. The lowest BCUT2D eigenvalue weighted by Gasteiger charge is -2.24. The summed E-state index contributed by atoms with van der Waals surface area (Å²) in [6.45, 7) is 2.67. The molecule has 0 radical (unpaired) electrons. The molecule has 1 aromatic rings. The van der Waals surface area contributed by atoms with Crippen LogP contribution in [-0.4, -0.2) is 50.6 Å². The Bertz CT molecular complexity index is 425. The average molecular weight is 348 g/mol. The van der Waals surface area contributed by atoms with E-state index in [2.05, 4.69) is 29.4 Å². The van der Waals surface area contributed by atoms with Crippen LogP contribution in [0.2, 0.25) is 0 Å². The molecule has 0 spiro atoms. The molecule has 0 aliphatic carbocycles. The Morgan fingerprint density at radius 3 is 2.45 bits per heavy atom. The van der Waals surface area contributed by atoms with Gasteiger partial charge in [-0.3, -0.25) is 4.79 Å². The van der Waals surface area contributed by atoms with E-state index in [1.54, 1.807) is 0 Å². The highest BCUT2D eigenvalue weighted by Gasteiger charge is 2.19. The Balaban J connectivity index is 0.00000220. The highest BCUT2D eigenvalue weighted by atomic mass is 35.5. The van der Waals surface area contributed by atoms with Crippen molar-refractivity contribution in [2.45, 2.75) is 25.3 Å². The van der Waals surface area contributed by atoms with Crippen molar-refractivity contribution in [1.82, 2.24) is 10.2 Å². The Morgan fingerprint density at radius 2 is 1.86 bits per heavy atom. The molecule has 1 unspecified atom stereocenters. The number of amides is 1. The zero-order chi connectivity index (χ0) is 14.4. The molecule has 2 rings (SSSR count). The lowest BCUT2D eigenvalue weighted by molar-refractivity contribution is -0.130. The van der Waals surface area contributed by atoms with Crippen LogP contribution in [0.5, 0.6) is 0 Å². The number of para-hydroxylation sites is 1. The monoisotopic (exact) mass is 347 g/mol. The number of anilines is 1. The maximum atomic E-state index is 12.1. The number of rotatable bonds is 6. The van der Waals surface area contributed by atoms with Crippen LogP contribution in [0.4, 0.5) is 5.69 Å². The third-order valence-electron chi connectivity index (χ3n) is 3.98. The summed E-state index contributed by atoms with van der Waals surface area (Å²) in [5, 5.41) is 3.38. The van der Waals surface area contributed by atoms with Crippen LogP contribution >= 0.6 is 24.8 Å². The number of nitrogens with one attached hydrogen (secondary N) is 1. The fourth-order valence-electron chi connectivity index (χ4n) is 2.53. The summed E-state index contributed by atoms with van der Waals surface area (Å²) in [7, 11) is 3.96. The molecule has 126 valence electrons. The average Bonchev–Trinajstić information content (AvgIpc) is 2.98. The van der Waals surface area contributed by atoms with E-state index >= 15 is 0 Å². The number of nitrogens with zero attached hydrogens (tertiary/aromatic N) is 2. The third kappa shape index (κ3) is 6.42.